The number of alkyl halides is 6. The van der Waals surface area contributed by atoms with Gasteiger partial charge in [0.1, 0.15) is 16.9 Å². The van der Waals surface area contributed by atoms with E-state index < -0.39 is 58.1 Å². The molecule has 0 aliphatic heterocycles. The van der Waals surface area contributed by atoms with Gasteiger partial charge in [-0.05, 0) is 35.6 Å². The smallest absolute Gasteiger partial charge is 0.416 e. The van der Waals surface area contributed by atoms with Gasteiger partial charge in [0.2, 0.25) is 0 Å². The normalized spacial score (nSPS) is 15.2. The topological polar surface area (TPSA) is 39.2 Å². The first-order chi connectivity index (χ1) is 14.6. The highest BCUT2D eigenvalue weighted by molar-refractivity contribution is 6.30. The zero-order valence-corrected chi connectivity index (χ0v) is 17.7. The molecule has 0 saturated carbocycles. The molecule has 0 fully saturated rings. The first-order valence-corrected chi connectivity index (χ1v) is 9.80. The lowest BCUT2D eigenvalue weighted by Gasteiger charge is -2.39. The molecule has 2 N–H and O–H groups in total. The molecule has 1 atom stereocenters. The molecule has 10 heteroatoms. The molecule has 174 valence electrons. The highest BCUT2D eigenvalue weighted by atomic mass is 35.5. The molecule has 2 nitrogen and oxygen atoms in total. The third kappa shape index (κ3) is 4.59. The molecular weight excluding hydrogens is 463 g/mol. The summed E-state index contributed by atoms with van der Waals surface area (Å²) in [6.07, 6.45) is -10.6. The van der Waals surface area contributed by atoms with Gasteiger partial charge in [-0.2, -0.15) is 26.3 Å². The molecule has 0 bridgehead atoms. The number of fused-ring (bicyclic) bond motifs is 1. The SMILES string of the molecule is CC(C)(CC(N)(Cc1cc(C(F)(F)F)cc(Cl)c1F)C(F)(F)F)c1cccc2ccoc12. The lowest BCUT2D eigenvalue weighted by molar-refractivity contribution is -0.191. The van der Waals surface area contributed by atoms with Crippen LogP contribution in [-0.4, -0.2) is 11.7 Å². The van der Waals surface area contributed by atoms with Gasteiger partial charge < -0.3 is 10.2 Å². The first-order valence-electron chi connectivity index (χ1n) is 9.43. The third-order valence-corrected chi connectivity index (χ3v) is 5.74. The van der Waals surface area contributed by atoms with Gasteiger partial charge >= 0.3 is 12.4 Å². The summed E-state index contributed by atoms with van der Waals surface area (Å²) in [5.41, 5.74) is 0.0732. The number of hydrogen-bond acceptors (Lipinski definition) is 2. The number of hydrogen-bond donors (Lipinski definition) is 1. The van der Waals surface area contributed by atoms with Gasteiger partial charge in [0.25, 0.3) is 0 Å². The average Bonchev–Trinajstić information content (AvgIpc) is 3.11. The molecule has 1 unspecified atom stereocenters. The summed E-state index contributed by atoms with van der Waals surface area (Å²) in [5, 5.41) is -0.264. The molecule has 2 aromatic carbocycles. The highest BCUT2D eigenvalue weighted by Gasteiger charge is 2.55. The average molecular weight is 482 g/mol. The van der Waals surface area contributed by atoms with Crippen molar-refractivity contribution in [1.29, 1.82) is 0 Å². The first kappa shape index (κ1) is 24.4. The van der Waals surface area contributed by atoms with Crippen LogP contribution in [-0.2, 0) is 18.0 Å². The molecule has 3 rings (SSSR count). The molecule has 1 aromatic heterocycles. The van der Waals surface area contributed by atoms with Crippen molar-refractivity contribution in [3.8, 4) is 0 Å². The minimum absolute atomic E-state index is 0.314. The van der Waals surface area contributed by atoms with E-state index in [4.69, 9.17) is 21.8 Å². The van der Waals surface area contributed by atoms with E-state index in [1.807, 2.05) is 0 Å². The summed E-state index contributed by atoms with van der Waals surface area (Å²) in [6.45, 7) is 3.01. The van der Waals surface area contributed by atoms with Crippen molar-refractivity contribution in [2.75, 3.05) is 0 Å². The maximum atomic E-state index is 14.5. The van der Waals surface area contributed by atoms with Crippen LogP contribution in [0.1, 0.15) is 37.0 Å². The van der Waals surface area contributed by atoms with Crippen molar-refractivity contribution in [3.63, 3.8) is 0 Å². The van der Waals surface area contributed by atoms with E-state index in [9.17, 15) is 30.7 Å². The van der Waals surface area contributed by atoms with Crippen molar-refractivity contribution in [2.45, 2.75) is 50.0 Å². The Labute approximate surface area is 184 Å². The van der Waals surface area contributed by atoms with E-state index >= 15 is 0 Å². The van der Waals surface area contributed by atoms with Gasteiger partial charge in [0.05, 0.1) is 16.8 Å². The fourth-order valence-electron chi connectivity index (χ4n) is 3.95. The Balaban J connectivity index is 2.07. The summed E-state index contributed by atoms with van der Waals surface area (Å²) >= 11 is 5.54. The second-order valence-corrected chi connectivity index (χ2v) is 8.87. The van der Waals surface area contributed by atoms with Gasteiger partial charge in [0.15, 0.2) is 0 Å². The standard InChI is InChI=1S/C22H19ClF7NO/c1-19(2,15-5-3-4-12-6-7-32-18(12)15)11-20(31,22(28,29)30)10-13-8-14(21(25,26)27)9-16(23)17(13)24/h3-9H,10-11,31H2,1-2H3. The summed E-state index contributed by atoms with van der Waals surface area (Å²) in [4.78, 5) is 0. The summed E-state index contributed by atoms with van der Waals surface area (Å²) in [6, 6.07) is 7.24. The van der Waals surface area contributed by atoms with E-state index in [-0.39, 0.29) is 0 Å². The van der Waals surface area contributed by atoms with Crippen molar-refractivity contribution in [1.82, 2.24) is 0 Å². The summed E-state index contributed by atoms with van der Waals surface area (Å²) in [7, 11) is 0. The van der Waals surface area contributed by atoms with Crippen LogP contribution in [0.15, 0.2) is 47.1 Å². The van der Waals surface area contributed by atoms with Crippen LogP contribution in [0, 0.1) is 5.82 Å². The van der Waals surface area contributed by atoms with Gasteiger partial charge in [-0.1, -0.05) is 43.6 Å². The fourth-order valence-corrected chi connectivity index (χ4v) is 4.19. The van der Waals surface area contributed by atoms with Crippen LogP contribution < -0.4 is 5.73 Å². The second kappa shape index (κ2) is 7.95. The molecule has 1 heterocycles. The molecule has 0 amide bonds. The fraction of sp³-hybridized carbons (Fsp3) is 0.364. The van der Waals surface area contributed by atoms with Crippen LogP contribution in [0.25, 0.3) is 11.0 Å². The number of nitrogens with two attached hydrogens (primary N) is 1. The van der Waals surface area contributed by atoms with Crippen LogP contribution in [0.4, 0.5) is 30.7 Å². The Hall–Kier alpha value is -2.26. The van der Waals surface area contributed by atoms with Crippen molar-refractivity contribution >= 4 is 22.6 Å². The van der Waals surface area contributed by atoms with Gasteiger partial charge in [-0.3, -0.25) is 0 Å². The van der Waals surface area contributed by atoms with Crippen LogP contribution in [0.2, 0.25) is 5.02 Å². The third-order valence-electron chi connectivity index (χ3n) is 5.47. The second-order valence-electron chi connectivity index (χ2n) is 8.46. The lowest BCUT2D eigenvalue weighted by atomic mass is 9.71. The van der Waals surface area contributed by atoms with Crippen molar-refractivity contribution in [2.24, 2.45) is 5.73 Å². The van der Waals surface area contributed by atoms with E-state index in [0.717, 1.165) is 0 Å². The highest BCUT2D eigenvalue weighted by Crippen LogP contribution is 2.44. The Bertz CT molecular complexity index is 1130. The molecular formula is C22H19ClF7NO. The zero-order chi connectivity index (χ0) is 24.1. The zero-order valence-electron chi connectivity index (χ0n) is 17.0. The number of benzene rings is 2. The maximum absolute atomic E-state index is 14.5. The Morgan fingerprint density at radius 1 is 1.00 bits per heavy atom. The summed E-state index contributed by atoms with van der Waals surface area (Å²) < 4.78 is 102. The maximum Gasteiger partial charge on any atom is 0.416 e. The Morgan fingerprint density at radius 3 is 2.25 bits per heavy atom. The van der Waals surface area contributed by atoms with Gasteiger partial charge in [-0.25, -0.2) is 4.39 Å². The summed E-state index contributed by atoms with van der Waals surface area (Å²) in [5.74, 6) is -1.37. The predicted octanol–water partition coefficient (Wildman–Crippen LogP) is 7.41. The Morgan fingerprint density at radius 2 is 1.66 bits per heavy atom. The number of halogens is 8. The number of furan rings is 1. The molecule has 3 aromatic rings. The van der Waals surface area contributed by atoms with E-state index in [0.29, 0.717) is 28.7 Å². The van der Waals surface area contributed by atoms with Crippen LogP contribution >= 0.6 is 11.6 Å². The van der Waals surface area contributed by atoms with E-state index in [1.165, 1.54) is 20.1 Å². The number of rotatable bonds is 5. The monoisotopic (exact) mass is 481 g/mol. The van der Waals surface area contributed by atoms with Crippen molar-refractivity contribution < 1.29 is 35.2 Å². The predicted molar refractivity (Wildman–Crippen MR) is 107 cm³/mol. The lowest BCUT2D eigenvalue weighted by Crippen LogP contribution is -2.58. The van der Waals surface area contributed by atoms with E-state index in [2.05, 4.69) is 0 Å². The number of para-hydroxylation sites is 1. The van der Waals surface area contributed by atoms with Crippen LogP contribution in [0.5, 0.6) is 0 Å². The molecule has 0 spiro atoms. The largest absolute Gasteiger partial charge is 0.464 e. The quantitative estimate of drug-likeness (QED) is 0.385. The molecule has 0 aliphatic rings. The van der Waals surface area contributed by atoms with Gasteiger partial charge in [-0.15, -0.1) is 0 Å². The molecule has 32 heavy (non-hydrogen) atoms. The molecule has 0 radical (unpaired) electrons. The molecule has 0 aliphatic carbocycles. The van der Waals surface area contributed by atoms with Crippen LogP contribution in [0.3, 0.4) is 0 Å². The molecule has 0 saturated heterocycles. The Kier molecular flexibility index (Phi) is 6.06. The van der Waals surface area contributed by atoms with Gasteiger partial charge in [0, 0.05) is 17.4 Å². The minimum Gasteiger partial charge on any atom is -0.464 e. The van der Waals surface area contributed by atoms with Crippen molar-refractivity contribution in [3.05, 3.63) is 70.2 Å². The minimum atomic E-state index is -5.06. The van der Waals surface area contributed by atoms with E-state index in [1.54, 1.807) is 24.3 Å².